The summed E-state index contributed by atoms with van der Waals surface area (Å²) >= 11 is 0. The highest BCUT2D eigenvalue weighted by Gasteiger charge is 2.54. The Hall–Kier alpha value is -0.0231. The monoisotopic (exact) mass is 294 g/mol. The lowest BCUT2D eigenvalue weighted by Crippen LogP contribution is -2.51. The number of rotatable bonds is 4. The molecule has 0 aromatic rings. The van der Waals surface area contributed by atoms with E-state index in [1.807, 2.05) is 13.1 Å². The average molecular weight is 294 g/mol. The van der Waals surface area contributed by atoms with E-state index in [-0.39, 0.29) is 11.6 Å². The summed E-state index contributed by atoms with van der Waals surface area (Å²) in [6, 6.07) is 0. The van der Waals surface area contributed by atoms with Crippen molar-refractivity contribution in [1.82, 2.24) is 0 Å². The fraction of sp³-hybridized carbons (Fsp3) is 1.00. The van der Waals surface area contributed by atoms with Crippen molar-refractivity contribution in [2.75, 3.05) is 13.2 Å². The minimum Gasteiger partial charge on any atom is -0.411 e. The van der Waals surface area contributed by atoms with E-state index in [1.165, 1.54) is 0 Å². The summed E-state index contributed by atoms with van der Waals surface area (Å²) in [4.78, 5) is 0. The van der Waals surface area contributed by atoms with Crippen molar-refractivity contribution in [3.05, 3.63) is 0 Å². The van der Waals surface area contributed by atoms with Crippen molar-refractivity contribution in [1.29, 1.82) is 0 Å². The molecule has 0 aromatic heterocycles. The maximum atomic E-state index is 10.2. The Morgan fingerprint density at radius 1 is 1.26 bits per heavy atom. The van der Waals surface area contributed by atoms with Crippen LogP contribution in [0, 0.1) is 0 Å². The molecule has 1 rings (SSSR count). The Kier molecular flexibility index (Phi) is 4.84. The molecule has 7 heteroatoms. The molecule has 0 spiro atoms. The molecule has 6 nitrogen and oxygen atoms in total. The van der Waals surface area contributed by atoms with Gasteiger partial charge in [0.1, 0.15) is 18.3 Å². The second kappa shape index (κ2) is 5.40. The predicted octanol–water partition coefficient (Wildman–Crippen LogP) is -0.190. The van der Waals surface area contributed by atoms with Crippen LogP contribution in [-0.2, 0) is 9.16 Å². The molecule has 1 saturated heterocycles. The first-order valence-corrected chi connectivity index (χ1v) is 9.36. The van der Waals surface area contributed by atoms with Gasteiger partial charge in [0.2, 0.25) is 5.79 Å². The second-order valence-electron chi connectivity index (χ2n) is 6.67. The summed E-state index contributed by atoms with van der Waals surface area (Å²) in [6.45, 7) is 9.50. The highest BCUT2D eigenvalue weighted by Crippen LogP contribution is 2.38. The highest BCUT2D eigenvalue weighted by atomic mass is 28.4. The number of ether oxygens (including phenoxy) is 1. The quantitative estimate of drug-likeness (QED) is 0.536. The summed E-state index contributed by atoms with van der Waals surface area (Å²) < 4.78 is 10.9. The minimum atomic E-state index is -2.10. The van der Waals surface area contributed by atoms with E-state index >= 15 is 0 Å². The average Bonchev–Trinajstić information content (AvgIpc) is 2.50. The van der Waals surface area contributed by atoms with Gasteiger partial charge >= 0.3 is 0 Å². The van der Waals surface area contributed by atoms with E-state index < -0.39 is 39.0 Å². The van der Waals surface area contributed by atoms with E-state index in [0.29, 0.717) is 0 Å². The minimum absolute atomic E-state index is 0.0398. The predicted molar refractivity (Wildman–Crippen MR) is 72.1 cm³/mol. The van der Waals surface area contributed by atoms with Crippen LogP contribution in [0.5, 0.6) is 0 Å². The third kappa shape index (κ3) is 3.36. The first-order valence-electron chi connectivity index (χ1n) is 6.46. The summed E-state index contributed by atoms with van der Waals surface area (Å²) in [7, 11) is -2.10. The molecule has 0 radical (unpaired) electrons. The molecule has 1 aliphatic heterocycles. The van der Waals surface area contributed by atoms with Gasteiger partial charge < -0.3 is 29.6 Å². The van der Waals surface area contributed by atoms with Crippen molar-refractivity contribution in [2.24, 2.45) is 0 Å². The van der Waals surface area contributed by atoms with Crippen molar-refractivity contribution >= 4 is 8.32 Å². The van der Waals surface area contributed by atoms with Crippen LogP contribution in [0.1, 0.15) is 20.8 Å². The zero-order valence-electron chi connectivity index (χ0n) is 12.3. The molecule has 0 amide bonds. The summed E-state index contributed by atoms with van der Waals surface area (Å²) in [5, 5.41) is 38.6. The standard InChI is InChI=1S/C12H26O6Si/c1-11(2,3)19(4,5)17-7-12(16)10(15)9(14)8(6-13)18-12/h8-10,13-16H,6-7H2,1-5H3/t8-,9-,10+,12+/m1/s1. The molecule has 0 aliphatic carbocycles. The van der Waals surface area contributed by atoms with Gasteiger partial charge in [-0.3, -0.25) is 0 Å². The third-order valence-electron chi connectivity index (χ3n) is 4.15. The first-order chi connectivity index (χ1) is 8.44. The molecule has 4 atom stereocenters. The first kappa shape index (κ1) is 17.0. The number of aliphatic hydroxyl groups excluding tert-OH is 3. The van der Waals surface area contributed by atoms with Crippen LogP contribution in [0.4, 0.5) is 0 Å². The Morgan fingerprint density at radius 2 is 1.79 bits per heavy atom. The Labute approximate surface area is 115 Å². The van der Waals surface area contributed by atoms with Gasteiger partial charge in [-0.15, -0.1) is 0 Å². The molecule has 1 aliphatic rings. The molecule has 19 heavy (non-hydrogen) atoms. The molecule has 1 heterocycles. The van der Waals surface area contributed by atoms with E-state index in [9.17, 15) is 15.3 Å². The molecule has 0 unspecified atom stereocenters. The lowest BCUT2D eigenvalue weighted by atomic mass is 10.1. The lowest BCUT2D eigenvalue weighted by Gasteiger charge is -2.38. The van der Waals surface area contributed by atoms with E-state index in [0.717, 1.165) is 0 Å². The lowest BCUT2D eigenvalue weighted by molar-refractivity contribution is -0.245. The van der Waals surface area contributed by atoms with Gasteiger partial charge in [-0.25, -0.2) is 0 Å². The molecule has 0 bridgehead atoms. The topological polar surface area (TPSA) is 99.4 Å². The van der Waals surface area contributed by atoms with Crippen LogP contribution >= 0.6 is 0 Å². The second-order valence-corrected chi connectivity index (χ2v) is 11.5. The van der Waals surface area contributed by atoms with Crippen LogP contribution in [0.25, 0.3) is 0 Å². The maximum Gasteiger partial charge on any atom is 0.218 e. The fourth-order valence-corrected chi connectivity index (χ4v) is 2.64. The highest BCUT2D eigenvalue weighted by molar-refractivity contribution is 6.74. The number of aliphatic hydroxyl groups is 4. The summed E-state index contributed by atoms with van der Waals surface area (Å²) in [5.74, 6) is -1.97. The number of hydrogen-bond donors (Lipinski definition) is 4. The Morgan fingerprint density at radius 3 is 2.16 bits per heavy atom. The van der Waals surface area contributed by atoms with Gasteiger partial charge in [-0.2, -0.15) is 0 Å². The van der Waals surface area contributed by atoms with E-state index in [1.54, 1.807) is 0 Å². The Balaban J connectivity index is 2.72. The van der Waals surface area contributed by atoms with Gasteiger partial charge in [0.25, 0.3) is 0 Å². The molecule has 114 valence electrons. The number of hydrogen-bond acceptors (Lipinski definition) is 6. The van der Waals surface area contributed by atoms with Gasteiger partial charge in [-0.05, 0) is 18.1 Å². The van der Waals surface area contributed by atoms with Gasteiger partial charge in [0, 0.05) is 0 Å². The van der Waals surface area contributed by atoms with E-state index in [4.69, 9.17) is 14.3 Å². The van der Waals surface area contributed by atoms with Crippen LogP contribution in [-0.4, -0.2) is 66.1 Å². The van der Waals surface area contributed by atoms with Crippen molar-refractivity contribution in [2.45, 2.75) is 63.0 Å². The molecule has 1 fully saturated rings. The summed E-state index contributed by atoms with van der Waals surface area (Å²) in [5.41, 5.74) is 0. The fourth-order valence-electron chi connectivity index (χ4n) is 1.64. The van der Waals surface area contributed by atoms with Crippen molar-refractivity contribution < 1.29 is 29.6 Å². The van der Waals surface area contributed by atoms with E-state index in [2.05, 4.69) is 20.8 Å². The summed E-state index contributed by atoms with van der Waals surface area (Å²) in [6.07, 6.45) is -3.81. The largest absolute Gasteiger partial charge is 0.411 e. The van der Waals surface area contributed by atoms with Crippen LogP contribution in [0.3, 0.4) is 0 Å². The third-order valence-corrected chi connectivity index (χ3v) is 8.63. The normalized spacial score (nSPS) is 36.8. The molecular formula is C12H26O6Si. The van der Waals surface area contributed by atoms with Crippen molar-refractivity contribution in [3.63, 3.8) is 0 Å². The molecule has 4 N–H and O–H groups in total. The zero-order chi connectivity index (χ0) is 15.1. The molecule has 0 aromatic carbocycles. The van der Waals surface area contributed by atoms with Gasteiger partial charge in [0.15, 0.2) is 8.32 Å². The van der Waals surface area contributed by atoms with Crippen molar-refractivity contribution in [3.8, 4) is 0 Å². The zero-order valence-corrected chi connectivity index (χ0v) is 13.3. The van der Waals surface area contributed by atoms with Gasteiger partial charge in [0.05, 0.1) is 13.2 Å². The van der Waals surface area contributed by atoms with Crippen LogP contribution < -0.4 is 0 Å². The maximum absolute atomic E-state index is 10.2. The molecular weight excluding hydrogens is 268 g/mol. The van der Waals surface area contributed by atoms with Crippen LogP contribution in [0.2, 0.25) is 18.1 Å². The molecule has 0 saturated carbocycles. The van der Waals surface area contributed by atoms with Gasteiger partial charge in [-0.1, -0.05) is 20.8 Å². The smallest absolute Gasteiger partial charge is 0.218 e. The van der Waals surface area contributed by atoms with Crippen LogP contribution in [0.15, 0.2) is 0 Å². The Bertz CT molecular complexity index is 316. The SMILES string of the molecule is CC(C)(C)[Si](C)(C)OC[C@]1(O)O[C@H](CO)[C@@H](O)[C@@H]1O.